The van der Waals surface area contributed by atoms with Crippen molar-refractivity contribution in [2.45, 2.75) is 53.2 Å². The number of hydrogen-bond acceptors (Lipinski definition) is 2. The van der Waals surface area contributed by atoms with Gasteiger partial charge in [0.25, 0.3) is 0 Å². The van der Waals surface area contributed by atoms with Crippen molar-refractivity contribution < 1.29 is 4.74 Å². The summed E-state index contributed by atoms with van der Waals surface area (Å²) in [7, 11) is 1.78. The average molecular weight is 249 g/mol. The first-order valence-corrected chi connectivity index (χ1v) is 6.83. The molecule has 0 spiro atoms. The quantitative estimate of drug-likeness (QED) is 0.830. The summed E-state index contributed by atoms with van der Waals surface area (Å²) >= 11 is 0. The Morgan fingerprint density at radius 3 is 2.28 bits per heavy atom. The Hall–Kier alpha value is -0.860. The van der Waals surface area contributed by atoms with Gasteiger partial charge in [-0.15, -0.1) is 0 Å². The van der Waals surface area contributed by atoms with E-state index in [0.29, 0.717) is 6.04 Å². The third-order valence-corrected chi connectivity index (χ3v) is 3.68. The van der Waals surface area contributed by atoms with Crippen LogP contribution in [0.4, 0.5) is 0 Å². The van der Waals surface area contributed by atoms with Crippen LogP contribution in [0.15, 0.2) is 12.1 Å². The lowest BCUT2D eigenvalue weighted by Crippen LogP contribution is -2.26. The van der Waals surface area contributed by atoms with Crippen molar-refractivity contribution in [3.05, 3.63) is 34.4 Å². The summed E-state index contributed by atoms with van der Waals surface area (Å²) < 4.78 is 5.40. The van der Waals surface area contributed by atoms with Crippen LogP contribution in [-0.2, 0) is 4.74 Å². The molecular weight excluding hydrogens is 222 g/mol. The molecule has 0 radical (unpaired) electrons. The molecule has 2 atom stereocenters. The highest BCUT2D eigenvalue weighted by Gasteiger charge is 2.16. The number of rotatable bonds is 6. The summed E-state index contributed by atoms with van der Waals surface area (Å²) in [4.78, 5) is 0. The maximum atomic E-state index is 5.40. The fourth-order valence-electron chi connectivity index (χ4n) is 2.35. The first kappa shape index (κ1) is 15.2. The first-order valence-electron chi connectivity index (χ1n) is 6.83. The topological polar surface area (TPSA) is 21.3 Å². The second-order valence-electron chi connectivity index (χ2n) is 5.19. The van der Waals surface area contributed by atoms with Crippen molar-refractivity contribution in [2.24, 2.45) is 0 Å². The molecule has 0 aliphatic rings. The van der Waals surface area contributed by atoms with Gasteiger partial charge in [-0.25, -0.2) is 0 Å². The van der Waals surface area contributed by atoms with Crippen molar-refractivity contribution in [1.29, 1.82) is 0 Å². The normalized spacial score (nSPS) is 14.6. The Kier molecular flexibility index (Phi) is 5.83. The predicted molar refractivity (Wildman–Crippen MR) is 78.2 cm³/mol. The van der Waals surface area contributed by atoms with Gasteiger partial charge in [-0.05, 0) is 62.9 Å². The van der Waals surface area contributed by atoms with E-state index in [1.807, 2.05) is 0 Å². The van der Waals surface area contributed by atoms with E-state index >= 15 is 0 Å². The number of methoxy groups -OCH3 is 1. The smallest absolute Gasteiger partial charge is 0.0561 e. The molecule has 0 fully saturated rings. The highest BCUT2D eigenvalue weighted by Crippen LogP contribution is 2.25. The highest BCUT2D eigenvalue weighted by molar-refractivity contribution is 5.38. The largest absolute Gasteiger partial charge is 0.382 e. The summed E-state index contributed by atoms with van der Waals surface area (Å²) in [5.74, 6) is 0. The van der Waals surface area contributed by atoms with Crippen LogP contribution in [0.25, 0.3) is 0 Å². The van der Waals surface area contributed by atoms with Gasteiger partial charge >= 0.3 is 0 Å². The van der Waals surface area contributed by atoms with E-state index in [9.17, 15) is 0 Å². The Morgan fingerprint density at radius 1 is 1.11 bits per heavy atom. The van der Waals surface area contributed by atoms with Crippen LogP contribution in [-0.4, -0.2) is 19.8 Å². The molecule has 0 saturated heterocycles. The molecule has 1 aromatic rings. The van der Waals surface area contributed by atoms with Crippen molar-refractivity contribution in [3.63, 3.8) is 0 Å². The molecule has 0 bridgehead atoms. The standard InChI is InChI=1S/C16H27NO/c1-7-17-16(10-14(5)18-6)15-9-12(3)11(2)8-13(15)4/h8-9,14,16-17H,7,10H2,1-6H3. The van der Waals surface area contributed by atoms with Crippen molar-refractivity contribution >= 4 is 0 Å². The third kappa shape index (κ3) is 3.82. The Morgan fingerprint density at radius 2 is 1.72 bits per heavy atom. The zero-order valence-corrected chi connectivity index (χ0v) is 12.6. The summed E-state index contributed by atoms with van der Waals surface area (Å²) in [6, 6.07) is 4.98. The number of ether oxygens (including phenoxy) is 1. The van der Waals surface area contributed by atoms with E-state index < -0.39 is 0 Å². The predicted octanol–water partition coefficient (Wildman–Crippen LogP) is 3.69. The lowest BCUT2D eigenvalue weighted by Gasteiger charge is -2.24. The van der Waals surface area contributed by atoms with E-state index in [1.165, 1.54) is 22.3 Å². The molecule has 0 aliphatic heterocycles. The second kappa shape index (κ2) is 6.91. The molecule has 1 N–H and O–H groups in total. The molecule has 2 unspecified atom stereocenters. The molecule has 0 aromatic heterocycles. The summed E-state index contributed by atoms with van der Waals surface area (Å²) in [6.07, 6.45) is 1.28. The lowest BCUT2D eigenvalue weighted by molar-refractivity contribution is 0.100. The van der Waals surface area contributed by atoms with Crippen LogP contribution in [0.2, 0.25) is 0 Å². The van der Waals surface area contributed by atoms with Crippen LogP contribution >= 0.6 is 0 Å². The van der Waals surface area contributed by atoms with Crippen molar-refractivity contribution in [1.82, 2.24) is 5.32 Å². The zero-order valence-electron chi connectivity index (χ0n) is 12.6. The lowest BCUT2D eigenvalue weighted by atomic mass is 9.93. The van der Waals surface area contributed by atoms with Gasteiger partial charge in [-0.2, -0.15) is 0 Å². The minimum absolute atomic E-state index is 0.273. The molecule has 2 heteroatoms. The van der Waals surface area contributed by atoms with Crippen LogP contribution < -0.4 is 5.32 Å². The molecule has 102 valence electrons. The number of benzene rings is 1. The van der Waals surface area contributed by atoms with Crippen LogP contribution in [0, 0.1) is 20.8 Å². The zero-order chi connectivity index (χ0) is 13.7. The summed E-state index contributed by atoms with van der Waals surface area (Å²) in [6.45, 7) is 11.8. The fraction of sp³-hybridized carbons (Fsp3) is 0.625. The molecular formula is C16H27NO. The van der Waals surface area contributed by atoms with E-state index in [1.54, 1.807) is 7.11 Å². The van der Waals surface area contributed by atoms with Gasteiger partial charge in [0.05, 0.1) is 6.10 Å². The van der Waals surface area contributed by atoms with E-state index in [0.717, 1.165) is 13.0 Å². The van der Waals surface area contributed by atoms with E-state index in [4.69, 9.17) is 4.74 Å². The van der Waals surface area contributed by atoms with Gasteiger partial charge in [0.15, 0.2) is 0 Å². The molecule has 18 heavy (non-hydrogen) atoms. The Bertz CT molecular complexity index is 387. The average Bonchev–Trinajstić information content (AvgIpc) is 2.33. The molecule has 0 amide bonds. The summed E-state index contributed by atoms with van der Waals surface area (Å²) in [5, 5.41) is 3.57. The molecule has 0 aliphatic carbocycles. The maximum Gasteiger partial charge on any atom is 0.0561 e. The molecule has 1 aromatic carbocycles. The van der Waals surface area contributed by atoms with Crippen molar-refractivity contribution in [2.75, 3.05) is 13.7 Å². The minimum atomic E-state index is 0.273. The van der Waals surface area contributed by atoms with Crippen molar-refractivity contribution in [3.8, 4) is 0 Å². The van der Waals surface area contributed by atoms with Gasteiger partial charge in [-0.1, -0.05) is 19.1 Å². The van der Waals surface area contributed by atoms with Gasteiger partial charge in [0.2, 0.25) is 0 Å². The number of hydrogen-bond donors (Lipinski definition) is 1. The Labute approximate surface area is 112 Å². The maximum absolute atomic E-state index is 5.40. The van der Waals surface area contributed by atoms with Crippen LogP contribution in [0.3, 0.4) is 0 Å². The third-order valence-electron chi connectivity index (χ3n) is 3.68. The molecule has 1 rings (SSSR count). The minimum Gasteiger partial charge on any atom is -0.382 e. The highest BCUT2D eigenvalue weighted by atomic mass is 16.5. The molecule has 0 saturated carbocycles. The van der Waals surface area contributed by atoms with Crippen LogP contribution in [0.1, 0.15) is 48.6 Å². The van der Waals surface area contributed by atoms with Gasteiger partial charge in [0.1, 0.15) is 0 Å². The number of aryl methyl sites for hydroxylation is 3. The van der Waals surface area contributed by atoms with Gasteiger partial charge < -0.3 is 10.1 Å². The second-order valence-corrected chi connectivity index (χ2v) is 5.19. The van der Waals surface area contributed by atoms with Gasteiger partial charge in [0, 0.05) is 13.2 Å². The molecule has 0 heterocycles. The van der Waals surface area contributed by atoms with Crippen LogP contribution in [0.5, 0.6) is 0 Å². The first-order chi connectivity index (χ1) is 8.49. The molecule has 2 nitrogen and oxygen atoms in total. The van der Waals surface area contributed by atoms with Gasteiger partial charge in [-0.3, -0.25) is 0 Å². The number of nitrogens with one attached hydrogen (secondary N) is 1. The Balaban J connectivity index is 3.01. The van der Waals surface area contributed by atoms with E-state index in [-0.39, 0.29) is 6.10 Å². The summed E-state index contributed by atoms with van der Waals surface area (Å²) in [5.41, 5.74) is 5.51. The van der Waals surface area contributed by atoms with E-state index in [2.05, 4.69) is 52.1 Å². The SMILES string of the molecule is CCNC(CC(C)OC)c1cc(C)c(C)cc1C. The monoisotopic (exact) mass is 249 g/mol. The fourth-order valence-corrected chi connectivity index (χ4v) is 2.35.